The number of para-hydroxylation sites is 2. The van der Waals surface area contributed by atoms with Crippen LogP contribution in [0, 0.1) is 19.7 Å². The molecule has 45 heavy (non-hydrogen) atoms. The van der Waals surface area contributed by atoms with Gasteiger partial charge in [-0.25, -0.2) is 9.37 Å². The van der Waals surface area contributed by atoms with Crippen molar-refractivity contribution < 1.29 is 18.7 Å². The standard InChI is InChI=1S/C36H31FN4O3S/c1-22-8-6-14-30-26(22)21-40(18-19-44-30)32-15-7-12-28(38-32)36(43)41-17-16-24-20-31(45-34(24)25-10-3-4-13-29(25)41)35(42)39-33-23(2)9-5-11-27(33)37/h3-15,20H,16-19,21H2,1-2H3,(H,39,42). The highest BCUT2D eigenvalue weighted by Gasteiger charge is 2.29. The van der Waals surface area contributed by atoms with Crippen LogP contribution in [0.5, 0.6) is 5.75 Å². The minimum absolute atomic E-state index is 0.185. The van der Waals surface area contributed by atoms with Crippen LogP contribution in [0.15, 0.2) is 84.9 Å². The number of amides is 2. The zero-order chi connectivity index (χ0) is 31.1. The van der Waals surface area contributed by atoms with E-state index in [1.54, 1.807) is 30.0 Å². The summed E-state index contributed by atoms with van der Waals surface area (Å²) in [5, 5.41) is 2.75. The van der Waals surface area contributed by atoms with Crippen molar-refractivity contribution in [3.63, 3.8) is 0 Å². The van der Waals surface area contributed by atoms with Gasteiger partial charge in [-0.05, 0) is 73.4 Å². The maximum Gasteiger partial charge on any atom is 0.276 e. The lowest BCUT2D eigenvalue weighted by Crippen LogP contribution is -2.34. The lowest BCUT2D eigenvalue weighted by Gasteiger charge is -2.25. The van der Waals surface area contributed by atoms with Crippen LogP contribution in [0.2, 0.25) is 0 Å². The Morgan fingerprint density at radius 3 is 2.60 bits per heavy atom. The van der Waals surface area contributed by atoms with E-state index >= 15 is 0 Å². The average molecular weight is 619 g/mol. The average Bonchev–Trinajstić information content (AvgIpc) is 3.26. The van der Waals surface area contributed by atoms with Gasteiger partial charge in [0, 0.05) is 29.1 Å². The number of nitrogens with one attached hydrogen (secondary N) is 1. The molecule has 0 aliphatic carbocycles. The van der Waals surface area contributed by atoms with Gasteiger partial charge in [0.25, 0.3) is 11.8 Å². The lowest BCUT2D eigenvalue weighted by atomic mass is 10.1. The number of hydrogen-bond acceptors (Lipinski definition) is 6. The zero-order valence-electron chi connectivity index (χ0n) is 25.0. The summed E-state index contributed by atoms with van der Waals surface area (Å²) in [7, 11) is 0. The van der Waals surface area contributed by atoms with Gasteiger partial charge < -0.3 is 19.9 Å². The molecule has 0 spiro atoms. The smallest absolute Gasteiger partial charge is 0.276 e. The van der Waals surface area contributed by atoms with Crippen LogP contribution >= 0.6 is 11.3 Å². The number of aryl methyl sites for hydroxylation is 2. The number of anilines is 3. The first-order chi connectivity index (χ1) is 21.9. The molecule has 7 nitrogen and oxygen atoms in total. The zero-order valence-corrected chi connectivity index (χ0v) is 25.8. The molecule has 2 aliphatic heterocycles. The predicted octanol–water partition coefficient (Wildman–Crippen LogP) is 7.42. The minimum Gasteiger partial charge on any atom is -0.491 e. The molecule has 0 fully saturated rings. The highest BCUT2D eigenvalue weighted by molar-refractivity contribution is 7.17. The molecule has 0 atom stereocenters. The SMILES string of the molecule is Cc1cccc2c1CN(c1cccc(C(=O)N3CCc4cc(C(=O)Nc5c(C)cccc5F)sc4-c4ccccc43)n1)CCO2. The van der Waals surface area contributed by atoms with E-state index in [0.29, 0.717) is 48.8 Å². The first-order valence-corrected chi connectivity index (χ1v) is 15.7. The molecule has 2 aliphatic rings. The second-order valence-electron chi connectivity index (χ2n) is 11.3. The maximum atomic E-state index is 14.4. The van der Waals surface area contributed by atoms with E-state index < -0.39 is 5.82 Å². The molecule has 7 rings (SSSR count). The first-order valence-electron chi connectivity index (χ1n) is 14.9. The van der Waals surface area contributed by atoms with Gasteiger partial charge in [-0.1, -0.05) is 48.5 Å². The third-order valence-corrected chi connectivity index (χ3v) is 9.60. The predicted molar refractivity (Wildman–Crippen MR) is 176 cm³/mol. The van der Waals surface area contributed by atoms with Gasteiger partial charge in [0.1, 0.15) is 29.7 Å². The topological polar surface area (TPSA) is 74.8 Å². The quantitative estimate of drug-likeness (QED) is 0.227. The van der Waals surface area contributed by atoms with Crippen molar-refractivity contribution in [2.45, 2.75) is 26.8 Å². The van der Waals surface area contributed by atoms with Gasteiger partial charge in [0.05, 0.1) is 22.8 Å². The van der Waals surface area contributed by atoms with Gasteiger partial charge in [0.2, 0.25) is 0 Å². The number of hydrogen-bond donors (Lipinski definition) is 1. The molecule has 0 unspecified atom stereocenters. The second-order valence-corrected chi connectivity index (χ2v) is 12.3. The van der Waals surface area contributed by atoms with Gasteiger partial charge in [0.15, 0.2) is 0 Å². The van der Waals surface area contributed by atoms with Crippen molar-refractivity contribution in [1.82, 2.24) is 4.98 Å². The largest absolute Gasteiger partial charge is 0.491 e. The number of halogens is 1. The van der Waals surface area contributed by atoms with E-state index in [1.807, 2.05) is 54.6 Å². The molecule has 0 radical (unpaired) electrons. The van der Waals surface area contributed by atoms with Gasteiger partial charge >= 0.3 is 0 Å². The van der Waals surface area contributed by atoms with Crippen LogP contribution < -0.4 is 19.9 Å². The molecular formula is C36H31FN4O3S. The summed E-state index contributed by atoms with van der Waals surface area (Å²) in [6.45, 7) is 6.08. The number of aromatic nitrogens is 1. The Morgan fingerprint density at radius 1 is 0.933 bits per heavy atom. The summed E-state index contributed by atoms with van der Waals surface area (Å²) >= 11 is 1.35. The number of thiophene rings is 1. The molecule has 4 heterocycles. The number of rotatable bonds is 4. The summed E-state index contributed by atoms with van der Waals surface area (Å²) in [5.41, 5.74) is 6.09. The number of ether oxygens (including phenoxy) is 1. The van der Waals surface area contributed by atoms with Crippen LogP contribution in [0.3, 0.4) is 0 Å². The monoisotopic (exact) mass is 618 g/mol. The summed E-state index contributed by atoms with van der Waals surface area (Å²) in [6, 6.07) is 26.0. The second kappa shape index (κ2) is 11.8. The summed E-state index contributed by atoms with van der Waals surface area (Å²) in [6.07, 6.45) is 0.553. The maximum absolute atomic E-state index is 14.4. The van der Waals surface area contributed by atoms with Crippen LogP contribution in [0.4, 0.5) is 21.6 Å². The van der Waals surface area contributed by atoms with Crippen LogP contribution in [-0.2, 0) is 13.0 Å². The fraction of sp³-hybridized carbons (Fsp3) is 0.194. The Balaban J connectivity index is 1.16. The fourth-order valence-corrected chi connectivity index (χ4v) is 7.13. The van der Waals surface area contributed by atoms with Crippen LogP contribution in [-0.4, -0.2) is 36.5 Å². The summed E-state index contributed by atoms with van der Waals surface area (Å²) in [5.74, 6) is 0.604. The summed E-state index contributed by atoms with van der Waals surface area (Å²) < 4.78 is 20.4. The van der Waals surface area contributed by atoms with Crippen molar-refractivity contribution in [1.29, 1.82) is 0 Å². The van der Waals surface area contributed by atoms with Crippen molar-refractivity contribution in [2.75, 3.05) is 34.8 Å². The van der Waals surface area contributed by atoms with E-state index in [2.05, 4.69) is 23.2 Å². The molecule has 5 aromatic rings. The number of nitrogens with zero attached hydrogens (tertiary/aromatic N) is 3. The van der Waals surface area contributed by atoms with Crippen molar-refractivity contribution in [2.24, 2.45) is 0 Å². The van der Waals surface area contributed by atoms with E-state index in [4.69, 9.17) is 9.72 Å². The molecule has 0 saturated heterocycles. The van der Waals surface area contributed by atoms with E-state index in [0.717, 1.165) is 44.4 Å². The van der Waals surface area contributed by atoms with Crippen LogP contribution in [0.25, 0.3) is 10.4 Å². The Hall–Kier alpha value is -5.02. The summed E-state index contributed by atoms with van der Waals surface area (Å²) in [4.78, 5) is 37.5. The Labute approximate surface area is 264 Å². The molecule has 0 bridgehead atoms. The third kappa shape index (κ3) is 5.44. The Morgan fingerprint density at radius 2 is 1.73 bits per heavy atom. The highest BCUT2D eigenvalue weighted by Crippen LogP contribution is 2.42. The van der Waals surface area contributed by atoms with Crippen molar-refractivity contribution in [3.05, 3.63) is 124 Å². The molecule has 226 valence electrons. The molecule has 0 saturated carbocycles. The van der Waals surface area contributed by atoms with E-state index in [-0.39, 0.29) is 17.5 Å². The molecular weight excluding hydrogens is 587 g/mol. The molecule has 3 aromatic carbocycles. The van der Waals surface area contributed by atoms with Gasteiger partial charge in [-0.3, -0.25) is 9.59 Å². The normalized spacial score (nSPS) is 13.9. The van der Waals surface area contributed by atoms with Gasteiger partial charge in [-0.15, -0.1) is 11.3 Å². The molecule has 2 aromatic heterocycles. The lowest BCUT2D eigenvalue weighted by molar-refractivity contribution is 0.0981. The molecule has 9 heteroatoms. The minimum atomic E-state index is -0.470. The number of benzene rings is 3. The van der Waals surface area contributed by atoms with Crippen molar-refractivity contribution >= 4 is 40.3 Å². The molecule has 1 N–H and O–H groups in total. The van der Waals surface area contributed by atoms with Gasteiger partial charge in [-0.2, -0.15) is 0 Å². The molecule has 2 amide bonds. The number of carbonyl (C=O) groups excluding carboxylic acids is 2. The Kier molecular flexibility index (Phi) is 7.55. The number of fused-ring (bicyclic) bond motifs is 4. The van der Waals surface area contributed by atoms with Crippen LogP contribution in [0.1, 0.15) is 42.4 Å². The first kappa shape index (κ1) is 28.7. The Bertz CT molecular complexity index is 1930. The third-order valence-electron chi connectivity index (χ3n) is 8.40. The number of carbonyl (C=O) groups is 2. The number of pyridine rings is 1. The van der Waals surface area contributed by atoms with E-state index in [1.165, 1.54) is 17.4 Å². The highest BCUT2D eigenvalue weighted by atomic mass is 32.1. The van der Waals surface area contributed by atoms with Crippen molar-refractivity contribution in [3.8, 4) is 16.2 Å². The van der Waals surface area contributed by atoms with E-state index in [9.17, 15) is 14.0 Å². The fourth-order valence-electron chi connectivity index (χ4n) is 5.99.